The number of hydrogen-bond donors (Lipinski definition) is 2. The van der Waals surface area contributed by atoms with Crippen LogP contribution >= 0.6 is 0 Å². The van der Waals surface area contributed by atoms with E-state index < -0.39 is 11.5 Å². The molecule has 4 nitrogen and oxygen atoms in total. The van der Waals surface area contributed by atoms with Gasteiger partial charge in [-0.2, -0.15) is 0 Å². The molecule has 0 heterocycles. The number of hydrogen-bond acceptors (Lipinski definition) is 3. The molecule has 0 spiro atoms. The number of nitrogens with one attached hydrogen (secondary N) is 1. The van der Waals surface area contributed by atoms with Crippen LogP contribution in [0.4, 0.5) is 0 Å². The first-order valence-electron chi connectivity index (χ1n) is 8.50. The summed E-state index contributed by atoms with van der Waals surface area (Å²) < 4.78 is 5.97. The molecule has 1 aliphatic rings. The molecule has 1 fully saturated rings. The van der Waals surface area contributed by atoms with Crippen molar-refractivity contribution in [2.45, 2.75) is 90.3 Å². The first kappa shape index (κ1) is 18.4. The molecule has 4 heteroatoms. The molecule has 1 aliphatic carbocycles. The van der Waals surface area contributed by atoms with Gasteiger partial charge in [-0.05, 0) is 52.4 Å². The summed E-state index contributed by atoms with van der Waals surface area (Å²) in [5.41, 5.74) is -0.851. The lowest BCUT2D eigenvalue weighted by molar-refractivity contribution is -0.145. The third-order valence-electron chi connectivity index (χ3n) is 4.57. The Balaban J connectivity index is 2.29. The summed E-state index contributed by atoms with van der Waals surface area (Å²) in [7, 11) is 0. The van der Waals surface area contributed by atoms with Crippen molar-refractivity contribution in [1.29, 1.82) is 0 Å². The Morgan fingerprint density at radius 2 is 2.14 bits per heavy atom. The van der Waals surface area contributed by atoms with Crippen molar-refractivity contribution in [3.63, 3.8) is 0 Å². The van der Waals surface area contributed by atoms with Crippen molar-refractivity contribution in [3.05, 3.63) is 0 Å². The maximum Gasteiger partial charge on any atom is 0.323 e. The molecule has 21 heavy (non-hydrogen) atoms. The maximum atomic E-state index is 11.4. The molecule has 3 unspecified atom stereocenters. The van der Waals surface area contributed by atoms with Crippen LogP contribution in [0.2, 0.25) is 0 Å². The van der Waals surface area contributed by atoms with Crippen LogP contribution in [-0.2, 0) is 9.53 Å². The lowest BCUT2D eigenvalue weighted by atomic mass is 9.85. The van der Waals surface area contributed by atoms with Crippen molar-refractivity contribution in [2.24, 2.45) is 5.92 Å². The number of ether oxygens (including phenoxy) is 1. The molecule has 0 aromatic rings. The molecule has 1 saturated carbocycles. The summed E-state index contributed by atoms with van der Waals surface area (Å²) in [6.45, 7) is 8.64. The SMILES string of the molecule is CCC1CCCC(OCCCC(C)(NC(C)C)C(=O)O)C1. The maximum absolute atomic E-state index is 11.4. The van der Waals surface area contributed by atoms with E-state index in [1.54, 1.807) is 6.92 Å². The highest BCUT2D eigenvalue weighted by Gasteiger charge is 2.32. The molecule has 0 aromatic carbocycles. The molecule has 0 bridgehead atoms. The molecule has 3 atom stereocenters. The topological polar surface area (TPSA) is 58.6 Å². The van der Waals surface area contributed by atoms with Gasteiger partial charge in [0.15, 0.2) is 0 Å². The van der Waals surface area contributed by atoms with Gasteiger partial charge in [0.25, 0.3) is 0 Å². The van der Waals surface area contributed by atoms with Gasteiger partial charge in [-0.15, -0.1) is 0 Å². The first-order chi connectivity index (χ1) is 9.87. The largest absolute Gasteiger partial charge is 0.480 e. The second-order valence-electron chi connectivity index (χ2n) is 6.97. The second kappa shape index (κ2) is 8.74. The average molecular weight is 299 g/mol. The van der Waals surface area contributed by atoms with Crippen LogP contribution in [-0.4, -0.2) is 35.4 Å². The van der Waals surface area contributed by atoms with Gasteiger partial charge in [-0.3, -0.25) is 10.1 Å². The van der Waals surface area contributed by atoms with Gasteiger partial charge in [0, 0.05) is 12.6 Å². The number of rotatable bonds is 9. The molecular formula is C17H33NO3. The normalized spacial score (nSPS) is 25.8. The van der Waals surface area contributed by atoms with Gasteiger partial charge in [-0.25, -0.2) is 0 Å². The minimum absolute atomic E-state index is 0.163. The molecular weight excluding hydrogens is 266 g/mol. The highest BCUT2D eigenvalue weighted by atomic mass is 16.5. The molecule has 0 amide bonds. The Morgan fingerprint density at radius 1 is 1.43 bits per heavy atom. The molecule has 2 N–H and O–H groups in total. The molecule has 0 saturated heterocycles. The van der Waals surface area contributed by atoms with E-state index in [0.717, 1.165) is 18.8 Å². The fraction of sp³-hybridized carbons (Fsp3) is 0.941. The summed E-state index contributed by atoms with van der Waals surface area (Å²) >= 11 is 0. The molecule has 0 radical (unpaired) electrons. The summed E-state index contributed by atoms with van der Waals surface area (Å²) in [4.78, 5) is 11.4. The van der Waals surface area contributed by atoms with Crippen LogP contribution in [0.25, 0.3) is 0 Å². The molecule has 0 aromatic heterocycles. The van der Waals surface area contributed by atoms with E-state index in [1.165, 1.54) is 25.7 Å². The summed E-state index contributed by atoms with van der Waals surface area (Å²) in [6.07, 6.45) is 7.97. The van der Waals surface area contributed by atoms with E-state index in [0.29, 0.717) is 19.1 Å². The average Bonchev–Trinajstić information content (AvgIpc) is 2.43. The number of carbonyl (C=O) groups is 1. The highest BCUT2D eigenvalue weighted by molar-refractivity contribution is 5.78. The van der Waals surface area contributed by atoms with Crippen LogP contribution in [0, 0.1) is 5.92 Å². The fourth-order valence-electron chi connectivity index (χ4n) is 3.32. The van der Waals surface area contributed by atoms with E-state index in [-0.39, 0.29) is 6.04 Å². The lowest BCUT2D eigenvalue weighted by Crippen LogP contribution is -2.52. The Hall–Kier alpha value is -0.610. The van der Waals surface area contributed by atoms with Crippen molar-refractivity contribution in [2.75, 3.05) is 6.61 Å². The van der Waals surface area contributed by atoms with Crippen LogP contribution < -0.4 is 5.32 Å². The Kier molecular flexibility index (Phi) is 7.67. The van der Waals surface area contributed by atoms with Crippen LogP contribution in [0.15, 0.2) is 0 Å². The predicted octanol–water partition coefficient (Wildman–Crippen LogP) is 3.59. The first-order valence-corrected chi connectivity index (χ1v) is 8.50. The summed E-state index contributed by atoms with van der Waals surface area (Å²) in [5, 5.41) is 12.5. The van der Waals surface area contributed by atoms with Crippen LogP contribution in [0.5, 0.6) is 0 Å². The number of aliphatic carboxylic acids is 1. The number of carboxylic acids is 1. The summed E-state index contributed by atoms with van der Waals surface area (Å²) in [5.74, 6) is 0.0376. The monoisotopic (exact) mass is 299 g/mol. The minimum atomic E-state index is -0.851. The van der Waals surface area contributed by atoms with E-state index in [4.69, 9.17) is 4.74 Å². The third-order valence-corrected chi connectivity index (χ3v) is 4.57. The molecule has 1 rings (SSSR count). The quantitative estimate of drug-likeness (QED) is 0.639. The minimum Gasteiger partial charge on any atom is -0.480 e. The van der Waals surface area contributed by atoms with Gasteiger partial charge in [0.2, 0.25) is 0 Å². The van der Waals surface area contributed by atoms with Crippen molar-refractivity contribution in [3.8, 4) is 0 Å². The Labute approximate surface area is 129 Å². The van der Waals surface area contributed by atoms with Gasteiger partial charge in [0.1, 0.15) is 5.54 Å². The molecule has 124 valence electrons. The standard InChI is InChI=1S/C17H33NO3/c1-5-14-8-6-9-15(12-14)21-11-7-10-17(4,16(19)20)18-13(2)3/h13-15,18H,5-12H2,1-4H3,(H,19,20). The van der Waals surface area contributed by atoms with E-state index in [2.05, 4.69) is 12.2 Å². The second-order valence-corrected chi connectivity index (χ2v) is 6.97. The van der Waals surface area contributed by atoms with E-state index >= 15 is 0 Å². The van der Waals surface area contributed by atoms with Crippen molar-refractivity contribution < 1.29 is 14.6 Å². The fourth-order valence-corrected chi connectivity index (χ4v) is 3.32. The lowest BCUT2D eigenvalue weighted by Gasteiger charge is -2.30. The highest BCUT2D eigenvalue weighted by Crippen LogP contribution is 2.28. The predicted molar refractivity (Wildman–Crippen MR) is 85.5 cm³/mol. The van der Waals surface area contributed by atoms with E-state index in [1.807, 2.05) is 13.8 Å². The van der Waals surface area contributed by atoms with Crippen molar-refractivity contribution >= 4 is 5.97 Å². The van der Waals surface area contributed by atoms with Crippen molar-refractivity contribution in [1.82, 2.24) is 5.32 Å². The Bertz CT molecular complexity index is 319. The molecule has 0 aliphatic heterocycles. The van der Waals surface area contributed by atoms with E-state index in [9.17, 15) is 9.90 Å². The summed E-state index contributed by atoms with van der Waals surface area (Å²) in [6, 6.07) is 0.163. The van der Waals surface area contributed by atoms with Gasteiger partial charge >= 0.3 is 5.97 Å². The van der Waals surface area contributed by atoms with Crippen LogP contribution in [0.3, 0.4) is 0 Å². The van der Waals surface area contributed by atoms with Gasteiger partial charge < -0.3 is 9.84 Å². The third kappa shape index (κ3) is 6.35. The number of carboxylic acid groups (broad SMARTS) is 1. The van der Waals surface area contributed by atoms with Gasteiger partial charge in [-0.1, -0.05) is 26.2 Å². The Morgan fingerprint density at radius 3 is 2.71 bits per heavy atom. The zero-order valence-corrected chi connectivity index (χ0v) is 14.2. The zero-order valence-electron chi connectivity index (χ0n) is 14.2. The van der Waals surface area contributed by atoms with Gasteiger partial charge in [0.05, 0.1) is 6.10 Å². The smallest absolute Gasteiger partial charge is 0.323 e. The van der Waals surface area contributed by atoms with Crippen LogP contribution in [0.1, 0.15) is 72.6 Å². The zero-order chi connectivity index (χ0) is 15.9.